The van der Waals surface area contributed by atoms with Crippen LogP contribution in [0.3, 0.4) is 0 Å². The molecular formula is C18H17ClN2OS. The van der Waals surface area contributed by atoms with Gasteiger partial charge in [-0.25, -0.2) is 5.01 Å². The molecule has 118 valence electrons. The average molecular weight is 345 g/mol. The lowest BCUT2D eigenvalue weighted by molar-refractivity contribution is -0.127. The van der Waals surface area contributed by atoms with E-state index in [1.165, 1.54) is 0 Å². The van der Waals surface area contributed by atoms with Crippen LogP contribution in [-0.2, 0) is 10.5 Å². The molecule has 1 aliphatic heterocycles. The molecule has 0 N–H and O–H groups in total. The first-order chi connectivity index (χ1) is 11.2. The summed E-state index contributed by atoms with van der Waals surface area (Å²) in [6.07, 6.45) is 0.810. The number of benzene rings is 2. The number of amides is 1. The Labute approximate surface area is 145 Å². The van der Waals surface area contributed by atoms with Crippen molar-refractivity contribution in [1.29, 1.82) is 0 Å². The van der Waals surface area contributed by atoms with Crippen molar-refractivity contribution in [2.75, 3.05) is 12.3 Å². The number of hydrazone groups is 1. The van der Waals surface area contributed by atoms with E-state index in [0.717, 1.165) is 34.0 Å². The third-order valence-corrected chi connectivity index (χ3v) is 4.97. The van der Waals surface area contributed by atoms with Crippen molar-refractivity contribution < 1.29 is 4.79 Å². The maximum atomic E-state index is 12.3. The Morgan fingerprint density at radius 2 is 1.87 bits per heavy atom. The molecule has 0 atom stereocenters. The predicted molar refractivity (Wildman–Crippen MR) is 96.9 cm³/mol. The van der Waals surface area contributed by atoms with Crippen LogP contribution < -0.4 is 0 Å². The molecule has 0 saturated heterocycles. The summed E-state index contributed by atoms with van der Waals surface area (Å²) in [5.74, 6) is 1.19. The van der Waals surface area contributed by atoms with Crippen LogP contribution in [0.2, 0.25) is 5.02 Å². The van der Waals surface area contributed by atoms with E-state index in [0.29, 0.717) is 12.3 Å². The molecule has 0 spiro atoms. The zero-order chi connectivity index (χ0) is 16.1. The van der Waals surface area contributed by atoms with Crippen LogP contribution in [0.5, 0.6) is 0 Å². The lowest BCUT2D eigenvalue weighted by Crippen LogP contribution is -2.25. The predicted octanol–water partition coefficient (Wildman–Crippen LogP) is 4.21. The Hall–Kier alpha value is -1.78. The zero-order valence-electron chi connectivity index (χ0n) is 12.6. The van der Waals surface area contributed by atoms with Crippen molar-refractivity contribution in [1.82, 2.24) is 5.01 Å². The summed E-state index contributed by atoms with van der Waals surface area (Å²) in [5, 5.41) is 6.80. The number of hydrogen-bond acceptors (Lipinski definition) is 3. The molecular weight excluding hydrogens is 328 g/mol. The van der Waals surface area contributed by atoms with Crippen LogP contribution in [0.25, 0.3) is 0 Å². The van der Waals surface area contributed by atoms with Crippen LogP contribution >= 0.6 is 23.4 Å². The van der Waals surface area contributed by atoms with Gasteiger partial charge in [-0.05, 0) is 17.2 Å². The van der Waals surface area contributed by atoms with Crippen LogP contribution in [0.15, 0.2) is 59.7 Å². The fourth-order valence-corrected chi connectivity index (χ4v) is 3.59. The first-order valence-corrected chi connectivity index (χ1v) is 9.02. The molecule has 1 aliphatic rings. The molecule has 0 unspecified atom stereocenters. The van der Waals surface area contributed by atoms with Crippen LogP contribution in [0.1, 0.15) is 17.5 Å². The number of rotatable bonds is 5. The van der Waals surface area contributed by atoms with Crippen LogP contribution in [0.4, 0.5) is 0 Å². The average Bonchev–Trinajstić information content (AvgIpc) is 3.07. The SMILES string of the molecule is O=C(CSCc1ccccc1Cl)N1CCC(c2ccccc2)=N1. The summed E-state index contributed by atoms with van der Waals surface area (Å²) >= 11 is 7.69. The smallest absolute Gasteiger partial charge is 0.252 e. The van der Waals surface area contributed by atoms with Crippen molar-refractivity contribution in [3.63, 3.8) is 0 Å². The first kappa shape index (κ1) is 16.1. The maximum Gasteiger partial charge on any atom is 0.252 e. The molecule has 2 aromatic rings. The topological polar surface area (TPSA) is 32.7 Å². The summed E-state index contributed by atoms with van der Waals surface area (Å²) in [4.78, 5) is 12.3. The van der Waals surface area contributed by atoms with Gasteiger partial charge >= 0.3 is 0 Å². The van der Waals surface area contributed by atoms with Crippen molar-refractivity contribution in [3.8, 4) is 0 Å². The summed E-state index contributed by atoms with van der Waals surface area (Å²) in [6.45, 7) is 0.662. The van der Waals surface area contributed by atoms with Crippen molar-refractivity contribution >= 4 is 35.0 Å². The van der Waals surface area contributed by atoms with Crippen LogP contribution in [0, 0.1) is 0 Å². The van der Waals surface area contributed by atoms with Gasteiger partial charge in [0, 0.05) is 17.2 Å². The third-order valence-electron chi connectivity index (χ3n) is 3.64. The molecule has 1 heterocycles. The fraction of sp³-hybridized carbons (Fsp3) is 0.222. The van der Waals surface area contributed by atoms with E-state index >= 15 is 0 Å². The molecule has 0 aliphatic carbocycles. The molecule has 2 aromatic carbocycles. The Bertz CT molecular complexity index is 718. The lowest BCUT2D eigenvalue weighted by atomic mass is 10.1. The highest BCUT2D eigenvalue weighted by molar-refractivity contribution is 7.99. The number of halogens is 1. The molecule has 0 radical (unpaired) electrons. The lowest BCUT2D eigenvalue weighted by Gasteiger charge is -2.11. The standard InChI is InChI=1S/C18H17ClN2OS/c19-16-9-5-4-8-15(16)12-23-13-18(22)21-11-10-17(20-21)14-6-2-1-3-7-14/h1-9H,10-13H2. The molecule has 0 saturated carbocycles. The first-order valence-electron chi connectivity index (χ1n) is 7.48. The van der Waals surface area contributed by atoms with E-state index in [2.05, 4.69) is 5.10 Å². The number of carbonyl (C=O) groups excluding carboxylic acids is 1. The zero-order valence-corrected chi connectivity index (χ0v) is 14.2. The van der Waals surface area contributed by atoms with Crippen LogP contribution in [-0.4, -0.2) is 28.9 Å². The minimum Gasteiger partial charge on any atom is -0.272 e. The van der Waals surface area contributed by atoms with Gasteiger partial charge in [0.25, 0.3) is 5.91 Å². The second-order valence-electron chi connectivity index (χ2n) is 5.26. The fourth-order valence-electron chi connectivity index (χ4n) is 2.41. The van der Waals surface area contributed by atoms with Crippen molar-refractivity contribution in [2.24, 2.45) is 5.10 Å². The minimum atomic E-state index is 0.0491. The van der Waals surface area contributed by atoms with Gasteiger partial charge in [-0.3, -0.25) is 4.79 Å². The summed E-state index contributed by atoms with van der Waals surface area (Å²) in [6, 6.07) is 17.7. The Morgan fingerprint density at radius 1 is 1.13 bits per heavy atom. The monoisotopic (exact) mass is 344 g/mol. The second kappa shape index (κ2) is 7.66. The number of thioether (sulfide) groups is 1. The molecule has 1 amide bonds. The molecule has 0 aromatic heterocycles. The van der Waals surface area contributed by atoms with Gasteiger partial charge in [-0.2, -0.15) is 5.10 Å². The van der Waals surface area contributed by atoms with Gasteiger partial charge in [-0.1, -0.05) is 60.1 Å². The second-order valence-corrected chi connectivity index (χ2v) is 6.66. The Morgan fingerprint density at radius 3 is 2.65 bits per heavy atom. The Balaban J connectivity index is 1.53. The number of carbonyl (C=O) groups is 1. The molecule has 0 bridgehead atoms. The van der Waals surface area contributed by atoms with Gasteiger partial charge in [0.1, 0.15) is 0 Å². The third kappa shape index (κ3) is 4.15. The van der Waals surface area contributed by atoms with Gasteiger partial charge in [0.2, 0.25) is 0 Å². The largest absolute Gasteiger partial charge is 0.272 e. The molecule has 5 heteroatoms. The Kier molecular flexibility index (Phi) is 5.36. The molecule has 0 fully saturated rings. The van der Waals surface area contributed by atoms with Crippen molar-refractivity contribution in [3.05, 3.63) is 70.7 Å². The molecule has 23 heavy (non-hydrogen) atoms. The maximum absolute atomic E-state index is 12.3. The van der Waals surface area contributed by atoms with Crippen molar-refractivity contribution in [2.45, 2.75) is 12.2 Å². The molecule has 3 nitrogen and oxygen atoms in total. The number of nitrogens with zero attached hydrogens (tertiary/aromatic N) is 2. The summed E-state index contributed by atoms with van der Waals surface area (Å²) in [7, 11) is 0. The van der Waals surface area contributed by atoms with E-state index in [-0.39, 0.29) is 5.91 Å². The highest BCUT2D eigenvalue weighted by atomic mass is 35.5. The van der Waals surface area contributed by atoms with E-state index < -0.39 is 0 Å². The van der Waals surface area contributed by atoms with Gasteiger partial charge in [0.05, 0.1) is 18.0 Å². The number of hydrogen-bond donors (Lipinski definition) is 0. The normalized spacial score (nSPS) is 14.0. The quantitative estimate of drug-likeness (QED) is 0.814. The van der Waals surface area contributed by atoms with Gasteiger partial charge < -0.3 is 0 Å². The highest BCUT2D eigenvalue weighted by Crippen LogP contribution is 2.21. The van der Waals surface area contributed by atoms with Gasteiger partial charge in [0.15, 0.2) is 0 Å². The highest BCUT2D eigenvalue weighted by Gasteiger charge is 2.21. The van der Waals surface area contributed by atoms with Gasteiger partial charge in [-0.15, -0.1) is 11.8 Å². The van der Waals surface area contributed by atoms with E-state index in [1.54, 1.807) is 16.8 Å². The summed E-state index contributed by atoms with van der Waals surface area (Å²) < 4.78 is 0. The van der Waals surface area contributed by atoms with E-state index in [1.807, 2.05) is 54.6 Å². The summed E-state index contributed by atoms with van der Waals surface area (Å²) in [5.41, 5.74) is 3.13. The molecule has 3 rings (SSSR count). The van der Waals surface area contributed by atoms with E-state index in [4.69, 9.17) is 11.6 Å². The van der Waals surface area contributed by atoms with E-state index in [9.17, 15) is 4.79 Å². The minimum absolute atomic E-state index is 0.0491.